The van der Waals surface area contributed by atoms with Crippen LogP contribution in [-0.2, 0) is 21.8 Å². The number of morpholine rings is 1. The summed E-state index contributed by atoms with van der Waals surface area (Å²) in [7, 11) is 0. The summed E-state index contributed by atoms with van der Waals surface area (Å²) in [5, 5.41) is 31.2. The van der Waals surface area contributed by atoms with Crippen molar-refractivity contribution in [2.24, 2.45) is 5.73 Å². The summed E-state index contributed by atoms with van der Waals surface area (Å²) >= 11 is 0. The van der Waals surface area contributed by atoms with Crippen LogP contribution >= 0.6 is 0 Å². The maximum atomic E-state index is 6.25. The molecular formula is C12H16FeN7O. The molecule has 1 fully saturated rings. The Morgan fingerprint density at radius 2 is 1.14 bits per heavy atom. The molecular weight excluding hydrogens is 314 g/mol. The van der Waals surface area contributed by atoms with Crippen LogP contribution in [0.4, 0.5) is 0 Å². The van der Waals surface area contributed by atoms with Gasteiger partial charge in [-0.2, -0.15) is 0 Å². The number of hydrogen-bond donors (Lipinski definition) is 1. The predicted molar refractivity (Wildman–Crippen MR) is 65.8 cm³/mol. The van der Waals surface area contributed by atoms with Crippen LogP contribution in [0.5, 0.6) is 0 Å². The van der Waals surface area contributed by atoms with E-state index in [1.54, 1.807) is 0 Å². The molecule has 0 saturated carbocycles. The number of ether oxygens (including phenoxy) is 1. The van der Waals surface area contributed by atoms with Crippen molar-refractivity contribution >= 4 is 0 Å². The Bertz CT molecular complexity index is 209. The number of nitrogens with two attached hydrogens (primary N) is 1. The van der Waals surface area contributed by atoms with Crippen molar-refractivity contribution in [2.75, 3.05) is 39.4 Å². The maximum absolute atomic E-state index is 6.25. The van der Waals surface area contributed by atoms with E-state index in [0.29, 0.717) is 0 Å². The van der Waals surface area contributed by atoms with E-state index in [4.69, 9.17) is 69.6 Å². The fraction of sp³-hybridized carbons (Fsp3) is 0.583. The van der Waals surface area contributed by atoms with Crippen molar-refractivity contribution < 1.29 is 21.8 Å². The molecule has 1 aliphatic rings. The van der Waals surface area contributed by atoms with Crippen LogP contribution in [0.3, 0.4) is 0 Å². The van der Waals surface area contributed by atoms with Crippen molar-refractivity contribution in [3.8, 4) is 0 Å². The Hall–Kier alpha value is -2.15. The van der Waals surface area contributed by atoms with Gasteiger partial charge in [0.05, 0.1) is 13.2 Å². The van der Waals surface area contributed by atoms with E-state index in [1.807, 2.05) is 0 Å². The first kappa shape index (κ1) is 36.4. The smallest absolute Gasteiger partial charge is 0.512 e. The van der Waals surface area contributed by atoms with E-state index in [0.717, 1.165) is 45.8 Å². The van der Waals surface area contributed by atoms with E-state index in [-0.39, 0.29) is 17.1 Å². The SMILES string of the molecule is NCCCN1CCOCC1.[C-]#N.[C-]#N.[C-]#N.[C-]#N.[C-]#N.[Fe+5]. The van der Waals surface area contributed by atoms with Crippen molar-refractivity contribution in [3.05, 3.63) is 32.9 Å². The van der Waals surface area contributed by atoms with Crippen molar-refractivity contribution in [3.63, 3.8) is 0 Å². The van der Waals surface area contributed by atoms with Gasteiger partial charge in [0, 0.05) is 13.1 Å². The minimum atomic E-state index is 0. The fourth-order valence-electron chi connectivity index (χ4n) is 1.14. The molecule has 0 spiro atoms. The summed E-state index contributed by atoms with van der Waals surface area (Å²) < 4.78 is 5.21. The zero-order valence-corrected chi connectivity index (χ0v) is 12.6. The van der Waals surface area contributed by atoms with Gasteiger partial charge >= 0.3 is 17.1 Å². The Labute approximate surface area is 138 Å². The van der Waals surface area contributed by atoms with Crippen molar-refractivity contribution in [2.45, 2.75) is 6.42 Å². The van der Waals surface area contributed by atoms with E-state index < -0.39 is 0 Å². The predicted octanol–water partition coefficient (Wildman–Crippen LogP) is 0.147. The summed E-state index contributed by atoms with van der Waals surface area (Å²) in [6.45, 7) is 29.6. The number of hydrogen-bond acceptors (Lipinski definition) is 8. The molecule has 1 aliphatic heterocycles. The molecule has 0 unspecified atom stereocenters. The minimum Gasteiger partial charge on any atom is -0.512 e. The zero-order chi connectivity index (χ0) is 17.2. The van der Waals surface area contributed by atoms with Gasteiger partial charge in [-0.25, -0.2) is 0 Å². The second-order valence-electron chi connectivity index (χ2n) is 2.60. The minimum absolute atomic E-state index is 0. The molecule has 1 saturated heterocycles. The van der Waals surface area contributed by atoms with Crippen LogP contribution in [0.15, 0.2) is 0 Å². The van der Waals surface area contributed by atoms with Crippen LogP contribution < -0.4 is 5.73 Å². The van der Waals surface area contributed by atoms with Crippen LogP contribution in [0.1, 0.15) is 6.42 Å². The first-order chi connectivity index (χ1) is 9.93. The molecule has 0 amide bonds. The molecule has 1 heterocycles. The van der Waals surface area contributed by atoms with Gasteiger partial charge in [0.15, 0.2) is 0 Å². The molecule has 0 aromatic carbocycles. The van der Waals surface area contributed by atoms with Gasteiger partial charge in [0.1, 0.15) is 0 Å². The van der Waals surface area contributed by atoms with Gasteiger partial charge in [-0.1, -0.05) is 0 Å². The third-order valence-electron chi connectivity index (χ3n) is 1.78. The molecule has 0 aromatic heterocycles. The largest absolute Gasteiger partial charge is 5.00 e. The van der Waals surface area contributed by atoms with E-state index in [2.05, 4.69) is 4.90 Å². The van der Waals surface area contributed by atoms with Crippen LogP contribution in [0.25, 0.3) is 0 Å². The van der Waals surface area contributed by atoms with Crippen LogP contribution in [0, 0.1) is 59.2 Å². The first-order valence-electron chi connectivity index (χ1n) is 5.05. The molecule has 9 heteroatoms. The summed E-state index contributed by atoms with van der Waals surface area (Å²) in [6, 6.07) is 0. The third-order valence-corrected chi connectivity index (χ3v) is 1.78. The molecule has 113 valence electrons. The summed E-state index contributed by atoms with van der Waals surface area (Å²) in [5.41, 5.74) is 5.39. The normalized spacial score (nSPS) is 10.6. The van der Waals surface area contributed by atoms with Gasteiger partial charge < -0.3 is 69.6 Å². The Morgan fingerprint density at radius 1 is 0.810 bits per heavy atom. The molecule has 0 atom stereocenters. The monoisotopic (exact) mass is 330 g/mol. The van der Waals surface area contributed by atoms with Crippen molar-refractivity contribution in [1.29, 1.82) is 26.3 Å². The summed E-state index contributed by atoms with van der Waals surface area (Å²) in [5.74, 6) is 0. The Balaban J connectivity index is -0.0000000440. The Kier molecular flexibility index (Phi) is 112. The van der Waals surface area contributed by atoms with Gasteiger partial charge in [-0.15, -0.1) is 0 Å². The Morgan fingerprint density at radius 3 is 1.43 bits per heavy atom. The second kappa shape index (κ2) is 64.7. The topological polar surface area (TPSA) is 157 Å². The first-order valence-corrected chi connectivity index (χ1v) is 5.05. The molecule has 21 heavy (non-hydrogen) atoms. The molecule has 0 aliphatic carbocycles. The molecule has 0 bridgehead atoms. The maximum Gasteiger partial charge on any atom is 5.00 e. The van der Waals surface area contributed by atoms with E-state index >= 15 is 0 Å². The van der Waals surface area contributed by atoms with Gasteiger partial charge in [-0.3, -0.25) is 4.90 Å². The number of rotatable bonds is 3. The third kappa shape index (κ3) is 46.2. The molecule has 0 aromatic rings. The zero-order valence-electron chi connectivity index (χ0n) is 11.5. The van der Waals surface area contributed by atoms with Crippen LogP contribution in [-0.4, -0.2) is 44.3 Å². The van der Waals surface area contributed by atoms with Crippen LogP contribution in [0.2, 0.25) is 0 Å². The summed E-state index contributed by atoms with van der Waals surface area (Å²) in [6.07, 6.45) is 1.11. The fourth-order valence-corrected chi connectivity index (χ4v) is 1.14. The van der Waals surface area contributed by atoms with Gasteiger partial charge in [0.2, 0.25) is 0 Å². The summed E-state index contributed by atoms with van der Waals surface area (Å²) in [4.78, 5) is 2.40. The quantitative estimate of drug-likeness (QED) is 0.565. The molecule has 1 radical (unpaired) electrons. The molecule has 2 N–H and O–H groups in total. The van der Waals surface area contributed by atoms with E-state index in [1.165, 1.54) is 0 Å². The standard InChI is InChI=1S/C7H16N2O.5CN.Fe/c8-2-1-3-9-4-6-10-7-5-9;5*1-2;/h1-8H2;;;;;;/q;5*-1;+5. The number of nitrogens with zero attached hydrogens (tertiary/aromatic N) is 6. The molecule has 1 rings (SSSR count). The van der Waals surface area contributed by atoms with E-state index in [9.17, 15) is 0 Å². The van der Waals surface area contributed by atoms with Crippen molar-refractivity contribution in [1.82, 2.24) is 4.90 Å². The van der Waals surface area contributed by atoms with Gasteiger partial charge in [-0.05, 0) is 19.5 Å². The van der Waals surface area contributed by atoms with Gasteiger partial charge in [0.25, 0.3) is 0 Å². The average Bonchev–Trinajstić information content (AvgIpc) is 2.63. The molecule has 8 nitrogen and oxygen atoms in total. The second-order valence-corrected chi connectivity index (χ2v) is 2.60. The average molecular weight is 330 g/mol.